The molecule has 0 saturated heterocycles. The van der Waals surface area contributed by atoms with Crippen LogP contribution in [0.3, 0.4) is 0 Å². The molecular weight excluding hydrogens is 172 g/mol. The maximum absolute atomic E-state index is 5.28. The zero-order valence-electron chi connectivity index (χ0n) is 7.70. The SMILES string of the molecule is C#CCc1cn[nH]c1-c1ccccc1. The predicted molar refractivity (Wildman–Crippen MR) is 56.6 cm³/mol. The number of H-pyrrole nitrogens is 1. The number of hydrogen-bond donors (Lipinski definition) is 1. The summed E-state index contributed by atoms with van der Waals surface area (Å²) < 4.78 is 0. The van der Waals surface area contributed by atoms with E-state index in [-0.39, 0.29) is 0 Å². The molecule has 1 aromatic carbocycles. The summed E-state index contributed by atoms with van der Waals surface area (Å²) in [7, 11) is 0. The molecule has 1 heterocycles. The molecule has 0 aliphatic rings. The summed E-state index contributed by atoms with van der Waals surface area (Å²) in [5, 5.41) is 6.96. The Bertz CT molecular complexity index is 449. The summed E-state index contributed by atoms with van der Waals surface area (Å²) in [5.74, 6) is 2.62. The Morgan fingerprint density at radius 3 is 2.79 bits per heavy atom. The van der Waals surface area contributed by atoms with Crippen LogP contribution in [0.4, 0.5) is 0 Å². The second kappa shape index (κ2) is 3.80. The van der Waals surface area contributed by atoms with Crippen molar-refractivity contribution in [2.24, 2.45) is 0 Å². The Kier molecular flexibility index (Phi) is 2.33. The Morgan fingerprint density at radius 2 is 2.07 bits per heavy atom. The Balaban J connectivity index is 2.43. The van der Waals surface area contributed by atoms with Gasteiger partial charge in [-0.25, -0.2) is 0 Å². The average Bonchev–Trinajstić information content (AvgIpc) is 2.68. The number of rotatable bonds is 2. The van der Waals surface area contributed by atoms with E-state index in [4.69, 9.17) is 6.42 Å². The first-order chi connectivity index (χ1) is 6.92. The molecule has 0 radical (unpaired) electrons. The Labute approximate surface area is 83.0 Å². The van der Waals surface area contributed by atoms with Gasteiger partial charge in [-0.3, -0.25) is 5.10 Å². The second-order valence-corrected chi connectivity index (χ2v) is 3.02. The van der Waals surface area contributed by atoms with Crippen LogP contribution in [0.25, 0.3) is 11.3 Å². The largest absolute Gasteiger partial charge is 0.278 e. The summed E-state index contributed by atoms with van der Waals surface area (Å²) >= 11 is 0. The van der Waals surface area contributed by atoms with Crippen LogP contribution in [-0.2, 0) is 6.42 Å². The molecule has 2 aromatic rings. The number of nitrogens with zero attached hydrogens (tertiary/aromatic N) is 1. The van der Waals surface area contributed by atoms with Crippen molar-refractivity contribution in [3.8, 4) is 23.6 Å². The standard InChI is InChI=1S/C12H10N2/c1-2-6-11-9-13-14-12(11)10-7-4-3-5-8-10/h1,3-5,7-9H,6H2,(H,13,14). The lowest BCUT2D eigenvalue weighted by Crippen LogP contribution is -1.84. The number of aromatic nitrogens is 2. The normalized spacial score (nSPS) is 9.64. The molecule has 1 N–H and O–H groups in total. The van der Waals surface area contributed by atoms with Crippen molar-refractivity contribution in [2.75, 3.05) is 0 Å². The summed E-state index contributed by atoms with van der Waals surface area (Å²) in [5.41, 5.74) is 3.21. The first-order valence-electron chi connectivity index (χ1n) is 4.43. The summed E-state index contributed by atoms with van der Waals surface area (Å²) in [6.07, 6.45) is 7.67. The van der Waals surface area contributed by atoms with Crippen LogP contribution < -0.4 is 0 Å². The van der Waals surface area contributed by atoms with Crippen molar-refractivity contribution in [1.82, 2.24) is 10.2 Å². The number of nitrogens with one attached hydrogen (secondary N) is 1. The molecule has 0 bridgehead atoms. The van der Waals surface area contributed by atoms with Crippen LogP contribution in [0.2, 0.25) is 0 Å². The lowest BCUT2D eigenvalue weighted by molar-refractivity contribution is 1.10. The maximum atomic E-state index is 5.28. The van der Waals surface area contributed by atoms with Gasteiger partial charge in [-0.15, -0.1) is 12.3 Å². The third-order valence-corrected chi connectivity index (χ3v) is 2.07. The van der Waals surface area contributed by atoms with Crippen molar-refractivity contribution in [3.05, 3.63) is 42.1 Å². The highest BCUT2D eigenvalue weighted by molar-refractivity contribution is 5.62. The molecular formula is C12H10N2. The van der Waals surface area contributed by atoms with E-state index >= 15 is 0 Å². The molecule has 0 atom stereocenters. The smallest absolute Gasteiger partial charge is 0.0691 e. The third kappa shape index (κ3) is 1.53. The number of hydrogen-bond acceptors (Lipinski definition) is 1. The van der Waals surface area contributed by atoms with Crippen molar-refractivity contribution >= 4 is 0 Å². The molecule has 0 aliphatic carbocycles. The van der Waals surface area contributed by atoms with Gasteiger partial charge in [0.2, 0.25) is 0 Å². The molecule has 0 fully saturated rings. The van der Waals surface area contributed by atoms with E-state index in [1.807, 2.05) is 30.3 Å². The number of terminal acetylenes is 1. The minimum absolute atomic E-state index is 0.612. The van der Waals surface area contributed by atoms with Gasteiger partial charge in [-0.2, -0.15) is 5.10 Å². The maximum Gasteiger partial charge on any atom is 0.0691 e. The number of aromatic amines is 1. The van der Waals surface area contributed by atoms with E-state index in [0.717, 1.165) is 16.8 Å². The zero-order valence-corrected chi connectivity index (χ0v) is 7.70. The highest BCUT2D eigenvalue weighted by atomic mass is 15.1. The van der Waals surface area contributed by atoms with Gasteiger partial charge in [0.25, 0.3) is 0 Å². The van der Waals surface area contributed by atoms with Gasteiger partial charge in [0.05, 0.1) is 11.9 Å². The second-order valence-electron chi connectivity index (χ2n) is 3.02. The first-order valence-corrected chi connectivity index (χ1v) is 4.43. The van der Waals surface area contributed by atoms with Crippen LogP contribution in [0.1, 0.15) is 5.56 Å². The highest BCUT2D eigenvalue weighted by Crippen LogP contribution is 2.20. The molecule has 2 heteroatoms. The van der Waals surface area contributed by atoms with Crippen LogP contribution >= 0.6 is 0 Å². The van der Waals surface area contributed by atoms with Gasteiger partial charge in [-0.1, -0.05) is 30.3 Å². The van der Waals surface area contributed by atoms with E-state index in [1.165, 1.54) is 0 Å². The third-order valence-electron chi connectivity index (χ3n) is 2.07. The van der Waals surface area contributed by atoms with E-state index in [0.29, 0.717) is 6.42 Å². The van der Waals surface area contributed by atoms with Gasteiger partial charge >= 0.3 is 0 Å². The Morgan fingerprint density at radius 1 is 1.29 bits per heavy atom. The van der Waals surface area contributed by atoms with Crippen molar-refractivity contribution in [2.45, 2.75) is 6.42 Å². The van der Waals surface area contributed by atoms with E-state index in [2.05, 4.69) is 16.1 Å². The quantitative estimate of drug-likeness (QED) is 0.709. The number of benzene rings is 1. The summed E-state index contributed by atoms with van der Waals surface area (Å²) in [6.45, 7) is 0. The minimum atomic E-state index is 0.612. The molecule has 0 saturated carbocycles. The topological polar surface area (TPSA) is 28.7 Å². The van der Waals surface area contributed by atoms with Crippen LogP contribution in [-0.4, -0.2) is 10.2 Å². The van der Waals surface area contributed by atoms with E-state index in [9.17, 15) is 0 Å². The van der Waals surface area contributed by atoms with Crippen molar-refractivity contribution in [1.29, 1.82) is 0 Å². The predicted octanol–water partition coefficient (Wildman–Crippen LogP) is 2.25. The zero-order chi connectivity index (χ0) is 9.80. The molecule has 2 nitrogen and oxygen atoms in total. The van der Waals surface area contributed by atoms with Crippen LogP contribution in [0, 0.1) is 12.3 Å². The summed E-state index contributed by atoms with van der Waals surface area (Å²) in [4.78, 5) is 0. The minimum Gasteiger partial charge on any atom is -0.278 e. The lowest BCUT2D eigenvalue weighted by Gasteiger charge is -1.99. The van der Waals surface area contributed by atoms with E-state index in [1.54, 1.807) is 6.20 Å². The fourth-order valence-corrected chi connectivity index (χ4v) is 1.41. The van der Waals surface area contributed by atoms with Gasteiger partial charge in [0.1, 0.15) is 0 Å². The fourth-order valence-electron chi connectivity index (χ4n) is 1.41. The van der Waals surface area contributed by atoms with Gasteiger partial charge in [0.15, 0.2) is 0 Å². The molecule has 0 aliphatic heterocycles. The van der Waals surface area contributed by atoms with Crippen LogP contribution in [0.15, 0.2) is 36.5 Å². The monoisotopic (exact) mass is 182 g/mol. The van der Waals surface area contributed by atoms with Gasteiger partial charge in [0, 0.05) is 12.0 Å². The Hall–Kier alpha value is -2.01. The molecule has 2 rings (SSSR count). The highest BCUT2D eigenvalue weighted by Gasteiger charge is 2.04. The molecule has 0 spiro atoms. The van der Waals surface area contributed by atoms with Crippen LogP contribution in [0.5, 0.6) is 0 Å². The molecule has 1 aromatic heterocycles. The van der Waals surface area contributed by atoms with Gasteiger partial charge in [-0.05, 0) is 5.56 Å². The first kappa shape index (κ1) is 8.58. The lowest BCUT2D eigenvalue weighted by atomic mass is 10.1. The molecule has 0 amide bonds. The average molecular weight is 182 g/mol. The summed E-state index contributed by atoms with van der Waals surface area (Å²) in [6, 6.07) is 10.0. The van der Waals surface area contributed by atoms with Crippen molar-refractivity contribution < 1.29 is 0 Å². The molecule has 0 unspecified atom stereocenters. The fraction of sp³-hybridized carbons (Fsp3) is 0.0833. The molecule has 14 heavy (non-hydrogen) atoms. The van der Waals surface area contributed by atoms with Crippen molar-refractivity contribution in [3.63, 3.8) is 0 Å². The van der Waals surface area contributed by atoms with Gasteiger partial charge < -0.3 is 0 Å². The van der Waals surface area contributed by atoms with E-state index < -0.39 is 0 Å². The molecule has 68 valence electrons.